The molecule has 0 nitrogen and oxygen atoms in total. The first-order valence-corrected chi connectivity index (χ1v) is 43.2. The third-order valence-electron chi connectivity index (χ3n) is 11.7. The van der Waals surface area contributed by atoms with Gasteiger partial charge in [0, 0.05) is 0 Å². The molecular weight excluding hydrogens is 1110 g/mol. The molecule has 296 valence electrons. The van der Waals surface area contributed by atoms with Crippen LogP contribution in [0.2, 0.25) is 26.2 Å². The average molecular weight is 1170 g/mol. The minimum absolute atomic E-state index is 0. The van der Waals surface area contributed by atoms with Crippen LogP contribution >= 0.6 is 24.8 Å². The Kier molecular flexibility index (Phi) is 17.2. The zero-order chi connectivity index (χ0) is 39.3. The van der Waals surface area contributed by atoms with E-state index in [1.54, 1.807) is 22.3 Å². The third-order valence-corrected chi connectivity index (χ3v) is 62.0. The Balaban J connectivity index is 0.000000214. The van der Waals surface area contributed by atoms with Crippen molar-refractivity contribution in [1.29, 1.82) is 0 Å². The van der Waals surface area contributed by atoms with Crippen molar-refractivity contribution < 1.29 is 40.1 Å². The standard InChI is InChI=1S/4C12H11.2C2H6Si.2ClH.2Hf/c4*1-10-7-8-12(9-10)11-5-3-2-4-6-11;2*1-3-2;;;;/h4*2-6,9H,8H2,1H3;2*1-2H3;2*1H;;. The molecule has 0 heterocycles. The summed E-state index contributed by atoms with van der Waals surface area (Å²) in [4.78, 5) is 0. The number of hydrogen-bond donors (Lipinski definition) is 0. The van der Waals surface area contributed by atoms with Crippen LogP contribution in [0.1, 0.15) is 75.6 Å². The van der Waals surface area contributed by atoms with Crippen LogP contribution in [-0.4, -0.2) is 11.0 Å². The van der Waals surface area contributed by atoms with Crippen LogP contribution in [0.3, 0.4) is 0 Å². The van der Waals surface area contributed by atoms with Crippen molar-refractivity contribution in [3.8, 4) is 0 Å². The van der Waals surface area contributed by atoms with E-state index < -0.39 is 40.1 Å². The second-order valence-corrected chi connectivity index (χ2v) is 64.0. The first-order chi connectivity index (χ1) is 27.1. The topological polar surface area (TPSA) is 0 Å². The minimum Gasteiger partial charge on any atom is -0.147 e. The van der Waals surface area contributed by atoms with Gasteiger partial charge < -0.3 is 0 Å². The summed E-state index contributed by atoms with van der Waals surface area (Å²) < 4.78 is 7.50. The minimum atomic E-state index is -2.01. The first kappa shape index (κ1) is 46.6. The molecule has 0 N–H and O–H groups in total. The first-order valence-electron chi connectivity index (χ1n) is 20.3. The number of allylic oxidation sites excluding steroid dienone is 16. The maximum absolute atomic E-state index is 2.58. The van der Waals surface area contributed by atoms with Crippen LogP contribution in [-0.2, 0) is 40.1 Å². The maximum Gasteiger partial charge on any atom is -0.147 e. The Morgan fingerprint density at radius 2 is 0.517 bits per heavy atom. The molecule has 0 radical (unpaired) electrons. The van der Waals surface area contributed by atoms with Crippen molar-refractivity contribution in [1.82, 2.24) is 0 Å². The molecule has 6 heteroatoms. The summed E-state index contributed by atoms with van der Waals surface area (Å²) in [5.41, 5.74) is 17.5. The van der Waals surface area contributed by atoms with E-state index in [1.165, 1.54) is 70.2 Å². The van der Waals surface area contributed by atoms with Crippen molar-refractivity contribution in [2.24, 2.45) is 0 Å². The Morgan fingerprint density at radius 1 is 0.328 bits per heavy atom. The summed E-state index contributed by atoms with van der Waals surface area (Å²) in [5, 5.41) is 0. The van der Waals surface area contributed by atoms with Gasteiger partial charge in [-0.05, 0) is 0 Å². The van der Waals surface area contributed by atoms with E-state index in [-0.39, 0.29) is 35.8 Å². The molecule has 0 saturated carbocycles. The molecule has 0 fully saturated rings. The van der Waals surface area contributed by atoms with E-state index in [0.717, 1.165) is 0 Å². The van der Waals surface area contributed by atoms with E-state index in [0.29, 0.717) is 0 Å². The van der Waals surface area contributed by atoms with Crippen LogP contribution in [0.5, 0.6) is 0 Å². The van der Waals surface area contributed by atoms with Crippen LogP contribution in [0, 0.1) is 0 Å². The van der Waals surface area contributed by atoms with Gasteiger partial charge in [-0.15, -0.1) is 24.8 Å². The normalized spacial score (nSPS) is 15.9. The SMILES string of the molecule is CC1=[C]([Hf]([C]2=C(C)C=C(c3ccccc3)C2)=[Si](C)C)CC(c2ccccc2)=C1.CC1=[C]([Hf]([C]2=C(C)C=C(c3ccccc3)C2)=[Si](C)C)CC(c2ccccc2)=C1.Cl.Cl. The van der Waals surface area contributed by atoms with Crippen LogP contribution < -0.4 is 0 Å². The van der Waals surface area contributed by atoms with Gasteiger partial charge >= 0.3 is 356 Å². The van der Waals surface area contributed by atoms with Crippen molar-refractivity contribution in [2.75, 3.05) is 0 Å². The van der Waals surface area contributed by atoms with E-state index >= 15 is 0 Å². The predicted molar refractivity (Wildman–Crippen MR) is 256 cm³/mol. The van der Waals surface area contributed by atoms with Crippen molar-refractivity contribution in [3.63, 3.8) is 0 Å². The van der Waals surface area contributed by atoms with Gasteiger partial charge in [0.2, 0.25) is 0 Å². The van der Waals surface area contributed by atoms with E-state index in [2.05, 4.69) is 200 Å². The van der Waals surface area contributed by atoms with Crippen LogP contribution in [0.25, 0.3) is 22.3 Å². The molecule has 0 bridgehead atoms. The van der Waals surface area contributed by atoms with Crippen molar-refractivity contribution in [3.05, 3.63) is 203 Å². The molecule has 4 aliphatic carbocycles. The van der Waals surface area contributed by atoms with Gasteiger partial charge in [-0.1, -0.05) is 0 Å². The summed E-state index contributed by atoms with van der Waals surface area (Å²) in [6.45, 7) is 19.8. The van der Waals surface area contributed by atoms with Crippen LogP contribution in [0.4, 0.5) is 0 Å². The molecule has 58 heavy (non-hydrogen) atoms. The quantitative estimate of drug-likeness (QED) is 0.154. The van der Waals surface area contributed by atoms with Gasteiger partial charge in [0.25, 0.3) is 0 Å². The van der Waals surface area contributed by atoms with Gasteiger partial charge in [-0.2, -0.15) is 0 Å². The molecule has 4 aliphatic rings. The molecule has 0 atom stereocenters. The van der Waals surface area contributed by atoms with Gasteiger partial charge in [0.15, 0.2) is 0 Å². The van der Waals surface area contributed by atoms with E-state index in [9.17, 15) is 0 Å². The largest absolute Gasteiger partial charge is 0.147 e. The maximum atomic E-state index is 2.58. The predicted octanol–water partition coefficient (Wildman–Crippen LogP) is 15.6. The molecule has 0 aromatic heterocycles. The monoisotopic (exact) mass is 1170 g/mol. The van der Waals surface area contributed by atoms with Gasteiger partial charge in [-0.3, -0.25) is 0 Å². The van der Waals surface area contributed by atoms with Gasteiger partial charge in [0.1, 0.15) is 0 Å². The molecular formula is C52H58Cl2Hf2Si2. The second-order valence-electron chi connectivity index (χ2n) is 16.2. The molecule has 0 spiro atoms. The fraction of sp³-hybridized carbons (Fsp3) is 0.231. The van der Waals surface area contributed by atoms with Crippen LogP contribution in [0.15, 0.2) is 181 Å². The van der Waals surface area contributed by atoms with E-state index in [1.807, 2.05) is 13.3 Å². The summed E-state index contributed by atoms with van der Waals surface area (Å²) in [5.74, 6) is 0. The second kappa shape index (κ2) is 21.4. The molecule has 0 saturated heterocycles. The zero-order valence-electron chi connectivity index (χ0n) is 35.5. The Labute approximate surface area is 377 Å². The molecule has 4 aromatic rings. The third kappa shape index (κ3) is 10.7. The number of benzene rings is 4. The van der Waals surface area contributed by atoms with Gasteiger partial charge in [-0.25, -0.2) is 0 Å². The summed E-state index contributed by atoms with van der Waals surface area (Å²) in [7, 11) is 0. The smallest absolute Gasteiger partial charge is 0.147 e. The fourth-order valence-electron chi connectivity index (χ4n) is 8.98. The van der Waals surface area contributed by atoms with Gasteiger partial charge in [0.05, 0.1) is 0 Å². The Morgan fingerprint density at radius 3 is 0.690 bits per heavy atom. The fourth-order valence-corrected chi connectivity index (χ4v) is 61.4. The Bertz CT molecular complexity index is 2150. The summed E-state index contributed by atoms with van der Waals surface area (Å²) in [6, 6.07) is 43.9. The summed E-state index contributed by atoms with van der Waals surface area (Å²) in [6.07, 6.45) is 14.7. The number of halogens is 2. The molecule has 8 rings (SSSR count). The average Bonchev–Trinajstić information content (AvgIpc) is 4.00. The molecule has 0 aliphatic heterocycles. The summed E-state index contributed by atoms with van der Waals surface area (Å²) >= 11 is -4.02. The van der Waals surface area contributed by atoms with Crippen molar-refractivity contribution in [2.45, 2.75) is 79.6 Å². The van der Waals surface area contributed by atoms with E-state index in [4.69, 9.17) is 0 Å². The molecule has 0 amide bonds. The number of rotatable bonds is 8. The number of hydrogen-bond acceptors (Lipinski definition) is 0. The molecule has 0 unspecified atom stereocenters. The zero-order valence-corrected chi connectivity index (χ0v) is 46.3. The Hall–Kier alpha value is -2.45. The molecule has 4 aromatic carbocycles. The van der Waals surface area contributed by atoms with Crippen molar-refractivity contribution >= 4 is 58.1 Å².